The third kappa shape index (κ3) is 4.27. The Bertz CT molecular complexity index is 276. The molecule has 0 spiro atoms. The molecule has 1 saturated carbocycles. The van der Waals surface area contributed by atoms with Gasteiger partial charge in [-0.1, -0.05) is 27.7 Å². The van der Waals surface area contributed by atoms with Crippen LogP contribution in [0.2, 0.25) is 0 Å². The fourth-order valence-corrected chi connectivity index (χ4v) is 2.93. The van der Waals surface area contributed by atoms with Crippen molar-refractivity contribution in [3.05, 3.63) is 0 Å². The van der Waals surface area contributed by atoms with Crippen LogP contribution in [0.3, 0.4) is 0 Å². The van der Waals surface area contributed by atoms with Gasteiger partial charge in [0, 0.05) is 6.04 Å². The maximum atomic E-state index is 11.4. The first-order chi connectivity index (χ1) is 8.23. The maximum Gasteiger partial charge on any atom is 0.320 e. The van der Waals surface area contributed by atoms with Crippen molar-refractivity contribution in [2.75, 3.05) is 7.05 Å². The molecule has 1 rings (SSSR count). The molecule has 3 heteroatoms. The molecule has 18 heavy (non-hydrogen) atoms. The lowest BCUT2D eigenvalue weighted by Gasteiger charge is -2.41. The summed E-state index contributed by atoms with van der Waals surface area (Å²) in [5, 5.41) is 9.38. The molecule has 0 amide bonds. The van der Waals surface area contributed by atoms with E-state index in [1.54, 1.807) is 0 Å². The number of rotatable bonds is 5. The third-order valence-corrected chi connectivity index (χ3v) is 4.36. The number of likely N-dealkylation sites (N-methyl/N-ethyl adjacent to an activating group) is 1. The van der Waals surface area contributed by atoms with Crippen LogP contribution in [0.4, 0.5) is 0 Å². The quantitative estimate of drug-likeness (QED) is 0.818. The van der Waals surface area contributed by atoms with Crippen molar-refractivity contribution in [2.24, 2.45) is 11.3 Å². The van der Waals surface area contributed by atoms with E-state index in [2.05, 4.69) is 32.6 Å². The van der Waals surface area contributed by atoms with Crippen LogP contribution in [0.15, 0.2) is 0 Å². The van der Waals surface area contributed by atoms with Gasteiger partial charge in [-0.25, -0.2) is 0 Å². The average Bonchev–Trinajstić information content (AvgIpc) is 2.24. The standard InChI is InChI=1S/C15H29NO2/c1-11(2)10-13(14(17)18)16(5)12-6-8-15(3,4)9-7-12/h11-13H,6-10H2,1-5H3,(H,17,18). The molecule has 106 valence electrons. The number of carbonyl (C=O) groups is 1. The van der Waals surface area contributed by atoms with E-state index in [1.165, 1.54) is 12.8 Å². The van der Waals surface area contributed by atoms with Crippen LogP contribution in [-0.4, -0.2) is 35.1 Å². The highest BCUT2D eigenvalue weighted by molar-refractivity contribution is 5.73. The van der Waals surface area contributed by atoms with E-state index < -0.39 is 5.97 Å². The summed E-state index contributed by atoms with van der Waals surface area (Å²) in [7, 11) is 1.99. The van der Waals surface area contributed by atoms with E-state index in [4.69, 9.17) is 0 Å². The Labute approximate surface area is 112 Å². The topological polar surface area (TPSA) is 40.5 Å². The van der Waals surface area contributed by atoms with Gasteiger partial charge in [-0.05, 0) is 50.5 Å². The number of carboxylic acid groups (broad SMARTS) is 1. The van der Waals surface area contributed by atoms with Crippen molar-refractivity contribution in [3.63, 3.8) is 0 Å². The van der Waals surface area contributed by atoms with Crippen LogP contribution >= 0.6 is 0 Å². The molecule has 1 fully saturated rings. The zero-order chi connectivity index (χ0) is 13.9. The molecular formula is C15H29NO2. The number of nitrogens with zero attached hydrogens (tertiary/aromatic N) is 1. The maximum absolute atomic E-state index is 11.4. The van der Waals surface area contributed by atoms with Crippen molar-refractivity contribution >= 4 is 5.97 Å². The Hall–Kier alpha value is -0.570. The average molecular weight is 255 g/mol. The second kappa shape index (κ2) is 6.05. The summed E-state index contributed by atoms with van der Waals surface area (Å²) in [6.45, 7) is 8.81. The molecule has 1 N–H and O–H groups in total. The second-order valence-electron chi connectivity index (χ2n) is 7.04. The van der Waals surface area contributed by atoms with E-state index >= 15 is 0 Å². The van der Waals surface area contributed by atoms with E-state index in [-0.39, 0.29) is 6.04 Å². The van der Waals surface area contributed by atoms with Gasteiger partial charge in [-0.2, -0.15) is 0 Å². The number of carboxylic acids is 1. The van der Waals surface area contributed by atoms with Gasteiger partial charge in [0.1, 0.15) is 6.04 Å². The molecule has 0 aromatic heterocycles. The summed E-state index contributed by atoms with van der Waals surface area (Å²) in [4.78, 5) is 13.5. The molecule has 0 bridgehead atoms. The molecule has 0 radical (unpaired) electrons. The minimum Gasteiger partial charge on any atom is -0.480 e. The summed E-state index contributed by atoms with van der Waals surface area (Å²) < 4.78 is 0. The molecular weight excluding hydrogens is 226 g/mol. The van der Waals surface area contributed by atoms with Gasteiger partial charge in [0.2, 0.25) is 0 Å². The fraction of sp³-hybridized carbons (Fsp3) is 0.933. The normalized spacial score (nSPS) is 22.4. The minimum atomic E-state index is -0.670. The smallest absolute Gasteiger partial charge is 0.320 e. The van der Waals surface area contributed by atoms with Crippen LogP contribution in [0.25, 0.3) is 0 Å². The highest BCUT2D eigenvalue weighted by atomic mass is 16.4. The molecule has 0 aromatic carbocycles. The van der Waals surface area contributed by atoms with E-state index in [0.717, 1.165) is 19.3 Å². The molecule has 0 heterocycles. The van der Waals surface area contributed by atoms with E-state index in [1.807, 2.05) is 7.05 Å². The van der Waals surface area contributed by atoms with Crippen LogP contribution in [-0.2, 0) is 4.79 Å². The zero-order valence-electron chi connectivity index (χ0n) is 12.6. The number of hydrogen-bond acceptors (Lipinski definition) is 2. The van der Waals surface area contributed by atoms with Crippen molar-refractivity contribution in [1.29, 1.82) is 0 Å². The highest BCUT2D eigenvalue weighted by Crippen LogP contribution is 2.37. The Morgan fingerprint density at radius 2 is 1.83 bits per heavy atom. The second-order valence-corrected chi connectivity index (χ2v) is 7.04. The minimum absolute atomic E-state index is 0.323. The summed E-state index contributed by atoms with van der Waals surface area (Å²) in [6.07, 6.45) is 5.41. The lowest BCUT2D eigenvalue weighted by molar-refractivity contribution is -0.144. The first-order valence-corrected chi connectivity index (χ1v) is 7.17. The van der Waals surface area contributed by atoms with Crippen molar-refractivity contribution in [2.45, 2.75) is 71.9 Å². The van der Waals surface area contributed by atoms with Gasteiger partial charge >= 0.3 is 5.97 Å². The molecule has 0 aliphatic heterocycles. The fourth-order valence-electron chi connectivity index (χ4n) is 2.93. The van der Waals surface area contributed by atoms with Gasteiger partial charge in [0.05, 0.1) is 0 Å². The van der Waals surface area contributed by atoms with Crippen LogP contribution in [0, 0.1) is 11.3 Å². The largest absolute Gasteiger partial charge is 0.480 e. The van der Waals surface area contributed by atoms with E-state index in [0.29, 0.717) is 17.4 Å². The summed E-state index contributed by atoms with van der Waals surface area (Å²) in [5.41, 5.74) is 0.439. The molecule has 0 aromatic rings. The monoisotopic (exact) mass is 255 g/mol. The number of aliphatic carboxylic acids is 1. The summed E-state index contributed by atoms with van der Waals surface area (Å²) in [5.74, 6) is -0.246. The first-order valence-electron chi connectivity index (χ1n) is 7.17. The predicted octanol–water partition coefficient (Wildman–Crippen LogP) is 3.39. The predicted molar refractivity (Wildman–Crippen MR) is 74.7 cm³/mol. The van der Waals surface area contributed by atoms with Crippen LogP contribution < -0.4 is 0 Å². The zero-order valence-corrected chi connectivity index (χ0v) is 12.6. The lowest BCUT2D eigenvalue weighted by Crippen LogP contribution is -2.47. The molecule has 1 aliphatic carbocycles. The van der Waals surface area contributed by atoms with Gasteiger partial charge in [-0.3, -0.25) is 9.69 Å². The van der Waals surface area contributed by atoms with Crippen LogP contribution in [0.5, 0.6) is 0 Å². The van der Waals surface area contributed by atoms with Crippen molar-refractivity contribution in [3.8, 4) is 0 Å². The van der Waals surface area contributed by atoms with Crippen LogP contribution in [0.1, 0.15) is 59.8 Å². The SMILES string of the molecule is CC(C)CC(C(=O)O)N(C)C1CCC(C)(C)CC1. The summed E-state index contributed by atoms with van der Waals surface area (Å²) >= 11 is 0. The van der Waals surface area contributed by atoms with Gasteiger partial charge in [0.25, 0.3) is 0 Å². The molecule has 1 unspecified atom stereocenters. The third-order valence-electron chi connectivity index (χ3n) is 4.36. The van der Waals surface area contributed by atoms with Gasteiger partial charge < -0.3 is 5.11 Å². The highest BCUT2D eigenvalue weighted by Gasteiger charge is 2.33. The lowest BCUT2D eigenvalue weighted by atomic mass is 9.75. The Balaban J connectivity index is 2.61. The molecule has 0 saturated heterocycles. The van der Waals surface area contributed by atoms with Crippen molar-refractivity contribution in [1.82, 2.24) is 4.90 Å². The first kappa shape index (κ1) is 15.5. The Morgan fingerprint density at radius 3 is 2.22 bits per heavy atom. The molecule has 1 atom stereocenters. The Morgan fingerprint density at radius 1 is 1.33 bits per heavy atom. The number of hydrogen-bond donors (Lipinski definition) is 1. The van der Waals surface area contributed by atoms with Gasteiger partial charge in [0.15, 0.2) is 0 Å². The summed E-state index contributed by atoms with van der Waals surface area (Å²) in [6, 6.07) is 0.120. The van der Waals surface area contributed by atoms with Crippen molar-refractivity contribution < 1.29 is 9.90 Å². The Kier molecular flexibility index (Phi) is 5.20. The molecule has 3 nitrogen and oxygen atoms in total. The van der Waals surface area contributed by atoms with Gasteiger partial charge in [-0.15, -0.1) is 0 Å². The molecule has 1 aliphatic rings. The van der Waals surface area contributed by atoms with E-state index in [9.17, 15) is 9.90 Å².